The second-order valence-corrected chi connectivity index (χ2v) is 33.7. The minimum atomic E-state index is -4.02. The molecule has 0 radical (unpaired) electrons. The molecular formula is C41H48O6S2SiZr. The smallest absolute Gasteiger partial charge is 0.282 e. The molecule has 2 N–H and O–H groups in total. The topological polar surface area (TPSA) is 109 Å². The van der Waals surface area contributed by atoms with Crippen LogP contribution in [0.4, 0.5) is 0 Å². The Labute approximate surface area is 312 Å². The summed E-state index contributed by atoms with van der Waals surface area (Å²) in [6.07, 6.45) is 2.52. The molecule has 268 valence electrons. The molecule has 0 aliphatic heterocycles. The summed E-state index contributed by atoms with van der Waals surface area (Å²) in [6, 6.07) is 30.0. The normalized spacial score (nSPS) is 16.8. The van der Waals surface area contributed by atoms with Gasteiger partial charge in [0.05, 0.1) is 9.79 Å². The van der Waals surface area contributed by atoms with E-state index in [0.717, 1.165) is 11.1 Å². The van der Waals surface area contributed by atoms with E-state index in [-0.39, 0.29) is 15.2 Å². The molecular weight excluding hydrogens is 772 g/mol. The number of rotatable bonds is 5. The largest absolute Gasteiger partial charge is 0.294 e. The van der Waals surface area contributed by atoms with E-state index in [9.17, 15) is 16.8 Å². The van der Waals surface area contributed by atoms with Crippen LogP contribution in [0.3, 0.4) is 0 Å². The molecule has 2 aliphatic rings. The quantitative estimate of drug-likeness (QED) is 0.153. The van der Waals surface area contributed by atoms with E-state index in [1.165, 1.54) is 41.0 Å². The minimum Gasteiger partial charge on any atom is -0.282 e. The monoisotopic (exact) mass is 818 g/mol. The molecule has 2 atom stereocenters. The maximum Gasteiger partial charge on any atom is 0.294 e. The van der Waals surface area contributed by atoms with E-state index in [1.807, 2.05) is 17.1 Å². The maximum absolute atomic E-state index is 10.5. The van der Waals surface area contributed by atoms with Crippen molar-refractivity contribution in [2.45, 2.75) is 75.0 Å². The SMILES string of the molecule is CC1=Cc2c(-c3ccccc3)cccc2[CH]1[Zr]([C]1=C(C)C(C)=C(C)C1C)=[Si](C)C.Cc1ccc(S(=O)(=O)O)cc1.Cc1ccc(S(=O)(=O)O)cc1. The first-order valence-corrected chi connectivity index (χ1v) is 28.6. The predicted octanol–water partition coefficient (Wildman–Crippen LogP) is 10.4. The van der Waals surface area contributed by atoms with Crippen LogP contribution < -0.4 is 0 Å². The van der Waals surface area contributed by atoms with Crippen LogP contribution in [0.1, 0.15) is 60.5 Å². The van der Waals surface area contributed by atoms with Gasteiger partial charge in [-0.1, -0.05) is 35.4 Å². The van der Waals surface area contributed by atoms with Crippen molar-refractivity contribution < 1.29 is 46.3 Å². The molecule has 0 saturated heterocycles. The van der Waals surface area contributed by atoms with Crippen molar-refractivity contribution in [3.05, 3.63) is 145 Å². The van der Waals surface area contributed by atoms with Gasteiger partial charge in [0.25, 0.3) is 20.2 Å². The first-order valence-electron chi connectivity index (χ1n) is 16.8. The Bertz CT molecular complexity index is 2190. The summed E-state index contributed by atoms with van der Waals surface area (Å²) in [5, 5.41) is 0. The predicted molar refractivity (Wildman–Crippen MR) is 208 cm³/mol. The van der Waals surface area contributed by atoms with Crippen molar-refractivity contribution in [3.63, 3.8) is 0 Å². The van der Waals surface area contributed by atoms with Crippen molar-refractivity contribution in [2.24, 2.45) is 5.92 Å². The third-order valence-electron chi connectivity index (χ3n) is 9.76. The van der Waals surface area contributed by atoms with Crippen molar-refractivity contribution in [2.75, 3.05) is 0 Å². The van der Waals surface area contributed by atoms with Gasteiger partial charge in [-0.2, -0.15) is 16.8 Å². The van der Waals surface area contributed by atoms with Gasteiger partial charge >= 0.3 is 185 Å². The van der Waals surface area contributed by atoms with E-state index in [1.54, 1.807) is 52.1 Å². The molecule has 2 unspecified atom stereocenters. The molecule has 51 heavy (non-hydrogen) atoms. The molecule has 0 spiro atoms. The first kappa shape index (κ1) is 40.8. The van der Waals surface area contributed by atoms with Crippen LogP contribution in [-0.2, 0) is 40.6 Å². The molecule has 10 heteroatoms. The summed E-state index contributed by atoms with van der Waals surface area (Å²) in [5.74, 6) is 0.665. The molecule has 6 rings (SSSR count). The first-order chi connectivity index (χ1) is 23.8. The van der Waals surface area contributed by atoms with Crippen LogP contribution in [0.5, 0.6) is 0 Å². The fourth-order valence-electron chi connectivity index (χ4n) is 6.74. The molecule has 0 aromatic heterocycles. The third kappa shape index (κ3) is 9.72. The number of aryl methyl sites for hydroxylation is 2. The van der Waals surface area contributed by atoms with E-state index in [4.69, 9.17) is 9.11 Å². The molecule has 4 aromatic rings. The molecule has 4 aromatic carbocycles. The van der Waals surface area contributed by atoms with Crippen LogP contribution in [0.25, 0.3) is 17.2 Å². The van der Waals surface area contributed by atoms with Gasteiger partial charge in [0.15, 0.2) is 0 Å². The zero-order valence-electron chi connectivity index (χ0n) is 30.8. The number of hydrogen-bond acceptors (Lipinski definition) is 4. The van der Waals surface area contributed by atoms with Gasteiger partial charge in [0, 0.05) is 0 Å². The van der Waals surface area contributed by atoms with Crippen molar-refractivity contribution in [3.8, 4) is 11.1 Å². The van der Waals surface area contributed by atoms with Gasteiger partial charge in [-0.15, -0.1) is 0 Å². The van der Waals surface area contributed by atoms with E-state index < -0.39 is 40.6 Å². The standard InChI is InChI=1S/C16H13.C9H13.2C7H8O3S.C2H6Si.Zr/c1-12-10-14-8-5-9-15(16(14)11-12)13-6-3-2-4-7-13;1-6-5-7(2)9(4)8(6)3;2*1-6-2-4-7(5-3-6)11(8,9)10;1-3-2;/h2-11H,1H3;6H,1-4H3;2*2-5H,1H3,(H,8,9,10);1-2H3;. The Balaban J connectivity index is 0.000000216. The summed E-state index contributed by atoms with van der Waals surface area (Å²) in [4.78, 5) is -0.133. The summed E-state index contributed by atoms with van der Waals surface area (Å²) in [7, 11) is -8.04. The Morgan fingerprint density at radius 1 is 0.627 bits per heavy atom. The van der Waals surface area contributed by atoms with Crippen molar-refractivity contribution >= 4 is 31.7 Å². The Kier molecular flexibility index (Phi) is 13.4. The molecule has 0 heterocycles. The van der Waals surface area contributed by atoms with E-state index >= 15 is 0 Å². The average molecular weight is 820 g/mol. The van der Waals surface area contributed by atoms with Crippen LogP contribution in [0.2, 0.25) is 13.1 Å². The second kappa shape index (κ2) is 16.8. The number of allylic oxidation sites excluding steroid dienone is 5. The van der Waals surface area contributed by atoms with Gasteiger partial charge in [-0.05, 0) is 38.1 Å². The van der Waals surface area contributed by atoms with Crippen LogP contribution in [0.15, 0.2) is 132 Å². The Hall–Kier alpha value is -2.98. The summed E-state index contributed by atoms with van der Waals surface area (Å²) < 4.78 is 61.7. The fraction of sp³-hybridized carbons (Fsp3) is 0.268. The molecule has 6 nitrogen and oxygen atoms in total. The molecule has 0 saturated carbocycles. The van der Waals surface area contributed by atoms with Gasteiger partial charge in [-0.25, -0.2) is 0 Å². The zero-order chi connectivity index (χ0) is 37.8. The Morgan fingerprint density at radius 2 is 1.12 bits per heavy atom. The fourth-order valence-corrected chi connectivity index (χ4v) is 28.3. The summed E-state index contributed by atoms with van der Waals surface area (Å²) in [6.45, 7) is 20.9. The van der Waals surface area contributed by atoms with Gasteiger partial charge in [-0.3, -0.25) is 9.11 Å². The van der Waals surface area contributed by atoms with Crippen LogP contribution >= 0.6 is 0 Å². The molecule has 2 aliphatic carbocycles. The van der Waals surface area contributed by atoms with Gasteiger partial charge in [0.1, 0.15) is 0 Å². The summed E-state index contributed by atoms with van der Waals surface area (Å²) in [5.41, 5.74) is 13.9. The average Bonchev–Trinajstić information content (AvgIpc) is 3.50. The molecule has 0 amide bonds. The van der Waals surface area contributed by atoms with Crippen molar-refractivity contribution in [1.29, 1.82) is 0 Å². The maximum atomic E-state index is 10.5. The van der Waals surface area contributed by atoms with Gasteiger partial charge in [0.2, 0.25) is 0 Å². The zero-order valence-corrected chi connectivity index (χ0v) is 35.9. The molecule has 0 fully saturated rings. The summed E-state index contributed by atoms with van der Waals surface area (Å²) >= 11 is -1.89. The minimum absolute atomic E-state index is 0.0666. The van der Waals surface area contributed by atoms with E-state index in [2.05, 4.69) is 102 Å². The second-order valence-electron chi connectivity index (χ2n) is 13.6. The third-order valence-corrected chi connectivity index (χ3v) is 30.5. The van der Waals surface area contributed by atoms with Crippen molar-refractivity contribution in [1.82, 2.24) is 0 Å². The van der Waals surface area contributed by atoms with Crippen LogP contribution in [0, 0.1) is 19.8 Å². The van der Waals surface area contributed by atoms with E-state index in [0.29, 0.717) is 9.54 Å². The molecule has 0 bridgehead atoms. The Morgan fingerprint density at radius 3 is 1.53 bits per heavy atom. The van der Waals surface area contributed by atoms with Gasteiger partial charge < -0.3 is 0 Å². The number of benzene rings is 4. The number of hydrogen-bond donors (Lipinski definition) is 2. The number of fused-ring (bicyclic) bond motifs is 1. The van der Waals surface area contributed by atoms with Crippen LogP contribution in [-0.4, -0.2) is 31.4 Å².